The molecule has 0 aliphatic carbocycles. The van der Waals surface area contributed by atoms with Gasteiger partial charge in [-0.15, -0.1) is 11.3 Å². The summed E-state index contributed by atoms with van der Waals surface area (Å²) in [5.41, 5.74) is 0.828. The largest absolute Gasteiger partial charge is 0.478 e. The third kappa shape index (κ3) is 6.45. The van der Waals surface area contributed by atoms with E-state index in [1.165, 1.54) is 6.07 Å². The first-order valence-corrected chi connectivity index (χ1v) is 12.5. The molecule has 0 radical (unpaired) electrons. The van der Waals surface area contributed by atoms with Crippen LogP contribution in [0.2, 0.25) is 0 Å². The van der Waals surface area contributed by atoms with Crippen molar-refractivity contribution in [2.24, 2.45) is 0 Å². The molecule has 3 rings (SSSR count). The predicted octanol–water partition coefficient (Wildman–Crippen LogP) is 5.84. The molecule has 2 aromatic carbocycles. The van der Waals surface area contributed by atoms with Crippen LogP contribution in [0.25, 0.3) is 10.4 Å². The molecular formula is C26H27F2N3O6S. The fraction of sp³-hybridized carbons (Fsp3) is 0.269. The monoisotopic (exact) mass is 547 g/mol. The molecule has 3 aromatic rings. The third-order valence-electron chi connectivity index (χ3n) is 5.34. The van der Waals surface area contributed by atoms with E-state index in [1.54, 1.807) is 45.2 Å². The first-order valence-electron chi connectivity index (χ1n) is 11.7. The van der Waals surface area contributed by atoms with Crippen LogP contribution in [0, 0.1) is 11.6 Å². The number of hydrogen-bond donors (Lipinski definition) is 3. The van der Waals surface area contributed by atoms with E-state index in [9.17, 15) is 28.3 Å². The Kier molecular flexibility index (Phi) is 9.74. The van der Waals surface area contributed by atoms with Gasteiger partial charge >= 0.3 is 18.2 Å². The number of nitrogens with zero attached hydrogens (tertiary/aromatic N) is 1. The lowest BCUT2D eigenvalue weighted by Gasteiger charge is -2.22. The number of anilines is 2. The van der Waals surface area contributed by atoms with Crippen molar-refractivity contribution in [1.82, 2.24) is 5.32 Å². The Morgan fingerprint density at radius 2 is 1.61 bits per heavy atom. The topological polar surface area (TPSA) is 117 Å². The standard InChI is InChI=1S/C26H27F2N3O6S/c1-4-36-25(34)30-16-11-9-15(10-12-16)22-17(13-29-3)21(24(32)33)23(38-22)31(26(35)37-5-2)14-18-19(27)7-6-8-20(18)28/h6-12,29H,4-5,13-14H2,1-3H3,(H,30,34)(H,32,33). The van der Waals surface area contributed by atoms with Gasteiger partial charge in [-0.2, -0.15) is 0 Å². The first kappa shape index (κ1) is 28.5. The Balaban J connectivity index is 2.14. The lowest BCUT2D eigenvalue weighted by atomic mass is 10.0. The highest BCUT2D eigenvalue weighted by atomic mass is 32.1. The van der Waals surface area contributed by atoms with Crippen molar-refractivity contribution in [3.05, 3.63) is 70.8 Å². The second-order valence-corrected chi connectivity index (χ2v) is 8.83. The van der Waals surface area contributed by atoms with E-state index < -0.39 is 41.9 Å². The number of halogens is 2. The van der Waals surface area contributed by atoms with Gasteiger partial charge < -0.3 is 19.9 Å². The second kappa shape index (κ2) is 13.0. The minimum Gasteiger partial charge on any atom is -0.478 e. The zero-order chi connectivity index (χ0) is 27.8. The summed E-state index contributed by atoms with van der Waals surface area (Å²) < 4.78 is 39.0. The summed E-state index contributed by atoms with van der Waals surface area (Å²) in [4.78, 5) is 38.6. The minimum atomic E-state index is -1.32. The van der Waals surface area contributed by atoms with Gasteiger partial charge in [-0.25, -0.2) is 23.2 Å². The number of carboxylic acids is 1. The number of nitrogens with one attached hydrogen (secondary N) is 2. The Morgan fingerprint density at radius 3 is 2.16 bits per heavy atom. The van der Waals surface area contributed by atoms with Crippen LogP contribution in [-0.2, 0) is 22.6 Å². The zero-order valence-electron chi connectivity index (χ0n) is 21.0. The Morgan fingerprint density at radius 1 is 0.974 bits per heavy atom. The Hall–Kier alpha value is -4.03. The van der Waals surface area contributed by atoms with Gasteiger partial charge in [0.1, 0.15) is 16.6 Å². The number of carboxylic acid groups (broad SMARTS) is 1. The summed E-state index contributed by atoms with van der Waals surface area (Å²) in [5, 5.41) is 15.6. The maximum absolute atomic E-state index is 14.5. The van der Waals surface area contributed by atoms with Crippen LogP contribution in [-0.4, -0.2) is 43.5 Å². The molecule has 0 unspecified atom stereocenters. The summed E-state index contributed by atoms with van der Waals surface area (Å²) in [5.74, 6) is -3.09. The Labute approximate surface area is 222 Å². The summed E-state index contributed by atoms with van der Waals surface area (Å²) >= 11 is 0.976. The van der Waals surface area contributed by atoms with Gasteiger partial charge in [-0.05, 0) is 50.7 Å². The van der Waals surface area contributed by atoms with E-state index in [1.807, 2.05) is 0 Å². The number of rotatable bonds is 10. The molecule has 0 atom stereocenters. The summed E-state index contributed by atoms with van der Waals surface area (Å²) in [6.45, 7) is 2.96. The molecule has 1 heterocycles. The molecule has 0 saturated carbocycles. The number of carbonyl (C=O) groups excluding carboxylic acids is 2. The number of carbonyl (C=O) groups is 3. The highest BCUT2D eigenvalue weighted by molar-refractivity contribution is 7.20. The fourth-order valence-electron chi connectivity index (χ4n) is 3.69. The van der Waals surface area contributed by atoms with Crippen LogP contribution >= 0.6 is 11.3 Å². The molecule has 12 heteroatoms. The number of hydrogen-bond acceptors (Lipinski definition) is 7. The molecule has 0 aliphatic heterocycles. The quantitative estimate of drug-likeness (QED) is 0.292. The van der Waals surface area contributed by atoms with Crippen molar-refractivity contribution in [2.75, 3.05) is 30.5 Å². The van der Waals surface area contributed by atoms with Gasteiger partial charge in [0.25, 0.3) is 0 Å². The SMILES string of the molecule is CCOC(=O)Nc1ccc(-c2sc(N(Cc3c(F)cccc3F)C(=O)OCC)c(C(=O)O)c2CNC)cc1. The maximum Gasteiger partial charge on any atom is 0.415 e. The van der Waals surface area contributed by atoms with E-state index in [2.05, 4.69) is 10.6 Å². The molecule has 0 aliphatic rings. The molecule has 0 fully saturated rings. The highest BCUT2D eigenvalue weighted by Gasteiger charge is 2.32. The van der Waals surface area contributed by atoms with E-state index >= 15 is 0 Å². The lowest BCUT2D eigenvalue weighted by Crippen LogP contribution is -2.32. The van der Waals surface area contributed by atoms with Crippen LogP contribution in [0.1, 0.15) is 35.3 Å². The van der Waals surface area contributed by atoms with Crippen LogP contribution < -0.4 is 15.5 Å². The van der Waals surface area contributed by atoms with Gasteiger partial charge in [0.05, 0.1) is 25.3 Å². The average molecular weight is 548 g/mol. The third-order valence-corrected chi connectivity index (χ3v) is 6.64. The van der Waals surface area contributed by atoms with Crippen LogP contribution in [0.15, 0.2) is 42.5 Å². The van der Waals surface area contributed by atoms with E-state index in [0.29, 0.717) is 21.7 Å². The highest BCUT2D eigenvalue weighted by Crippen LogP contribution is 2.43. The predicted molar refractivity (Wildman–Crippen MR) is 140 cm³/mol. The van der Waals surface area contributed by atoms with Gasteiger partial charge in [0.15, 0.2) is 0 Å². The van der Waals surface area contributed by atoms with Crippen LogP contribution in [0.4, 0.5) is 29.1 Å². The molecule has 0 bridgehead atoms. The summed E-state index contributed by atoms with van der Waals surface area (Å²) in [7, 11) is 1.64. The molecule has 1 aromatic heterocycles. The molecular weight excluding hydrogens is 520 g/mol. The van der Waals surface area contributed by atoms with Gasteiger partial charge in [-0.3, -0.25) is 10.2 Å². The zero-order valence-corrected chi connectivity index (χ0v) is 21.8. The van der Waals surface area contributed by atoms with Gasteiger partial charge in [0, 0.05) is 28.2 Å². The average Bonchev–Trinajstić information content (AvgIpc) is 3.24. The summed E-state index contributed by atoms with van der Waals surface area (Å²) in [6, 6.07) is 9.89. The van der Waals surface area contributed by atoms with Gasteiger partial charge in [-0.1, -0.05) is 18.2 Å². The molecule has 0 saturated heterocycles. The molecule has 38 heavy (non-hydrogen) atoms. The van der Waals surface area contributed by atoms with Crippen molar-refractivity contribution >= 4 is 40.2 Å². The summed E-state index contributed by atoms with van der Waals surface area (Å²) in [6.07, 6.45) is -1.57. The smallest absolute Gasteiger partial charge is 0.415 e. The molecule has 3 N–H and O–H groups in total. The number of benzene rings is 2. The van der Waals surface area contributed by atoms with Crippen molar-refractivity contribution < 1.29 is 37.7 Å². The van der Waals surface area contributed by atoms with E-state index in [4.69, 9.17) is 9.47 Å². The van der Waals surface area contributed by atoms with Crippen molar-refractivity contribution in [1.29, 1.82) is 0 Å². The molecule has 202 valence electrons. The van der Waals surface area contributed by atoms with E-state index in [-0.39, 0.29) is 30.3 Å². The van der Waals surface area contributed by atoms with Crippen molar-refractivity contribution in [2.45, 2.75) is 26.9 Å². The normalized spacial score (nSPS) is 10.7. The molecule has 2 amide bonds. The minimum absolute atomic E-state index is 0.0337. The van der Waals surface area contributed by atoms with Gasteiger partial charge in [0.2, 0.25) is 0 Å². The lowest BCUT2D eigenvalue weighted by molar-refractivity contribution is 0.0697. The first-order chi connectivity index (χ1) is 18.2. The van der Waals surface area contributed by atoms with Crippen molar-refractivity contribution in [3.8, 4) is 10.4 Å². The Bertz CT molecular complexity index is 1290. The van der Waals surface area contributed by atoms with Crippen LogP contribution in [0.5, 0.6) is 0 Å². The fourth-order valence-corrected chi connectivity index (χ4v) is 5.00. The molecule has 9 nitrogen and oxygen atoms in total. The number of thiophene rings is 1. The number of ether oxygens (including phenoxy) is 2. The molecule has 0 spiro atoms. The second-order valence-electron chi connectivity index (χ2n) is 7.83. The van der Waals surface area contributed by atoms with Crippen molar-refractivity contribution in [3.63, 3.8) is 0 Å². The number of amides is 2. The van der Waals surface area contributed by atoms with E-state index in [0.717, 1.165) is 28.4 Å². The number of aromatic carboxylic acids is 1. The maximum atomic E-state index is 14.5. The van der Waals surface area contributed by atoms with Crippen LogP contribution in [0.3, 0.4) is 0 Å².